The molecule has 2 unspecified atom stereocenters. The molecule has 11 nitrogen and oxygen atoms in total. The molecule has 1 aliphatic heterocycles. The van der Waals surface area contributed by atoms with E-state index in [4.69, 9.17) is 9.94 Å². The van der Waals surface area contributed by atoms with Gasteiger partial charge in [-0.05, 0) is 68.1 Å². The number of hydroxylamine groups is 1. The van der Waals surface area contributed by atoms with Crippen LogP contribution < -0.4 is 26.0 Å². The highest BCUT2D eigenvalue weighted by Crippen LogP contribution is 2.37. The predicted octanol–water partition coefficient (Wildman–Crippen LogP) is 0.829. The van der Waals surface area contributed by atoms with Gasteiger partial charge in [0, 0.05) is 12.2 Å². The van der Waals surface area contributed by atoms with E-state index in [0.717, 1.165) is 16.7 Å². The van der Waals surface area contributed by atoms with Crippen molar-refractivity contribution in [3.8, 4) is 5.75 Å². The molecule has 1 aliphatic rings. The largest absolute Gasteiger partial charge is 0.530 e. The number of hydrogen-bond acceptors (Lipinski definition) is 7. The Balaban J connectivity index is 1.63. The molecule has 36 heavy (non-hydrogen) atoms. The fraction of sp³-hybridized carbons (Fsp3) is 0.360. The second-order valence-corrected chi connectivity index (χ2v) is 8.94. The predicted molar refractivity (Wildman–Crippen MR) is 127 cm³/mol. The average molecular weight is 498 g/mol. The van der Waals surface area contributed by atoms with Crippen molar-refractivity contribution in [3.63, 3.8) is 0 Å². The first-order chi connectivity index (χ1) is 17.0. The van der Waals surface area contributed by atoms with Gasteiger partial charge in [0.15, 0.2) is 0 Å². The van der Waals surface area contributed by atoms with E-state index < -0.39 is 35.9 Å². The number of nitrogens with zero attached hydrogens (tertiary/aromatic N) is 1. The molecule has 0 radical (unpaired) electrons. The number of hydrogen-bond donors (Lipinski definition) is 4. The number of carboxylic acid groups (broad SMARTS) is 1. The molecule has 1 fully saturated rings. The van der Waals surface area contributed by atoms with Gasteiger partial charge in [-0.1, -0.05) is 18.2 Å². The molecule has 2 atom stereocenters. The number of ether oxygens (including phenoxy) is 1. The summed E-state index contributed by atoms with van der Waals surface area (Å²) < 4.78 is 5.88. The van der Waals surface area contributed by atoms with E-state index in [9.17, 15) is 24.3 Å². The molecule has 0 bridgehead atoms. The number of nitrogens with one attached hydrogen (secondary N) is 3. The van der Waals surface area contributed by atoms with E-state index >= 15 is 0 Å². The highest BCUT2D eigenvalue weighted by Gasteiger charge is 2.46. The first-order valence-electron chi connectivity index (χ1n) is 11.4. The molecule has 0 aliphatic carbocycles. The zero-order chi connectivity index (χ0) is 26.5. The summed E-state index contributed by atoms with van der Waals surface area (Å²) in [5, 5.41) is 23.8. The number of carbonyl (C=O) groups excluding carboxylic acids is 4. The van der Waals surface area contributed by atoms with Crippen molar-refractivity contribution < 1.29 is 34.2 Å². The fourth-order valence-corrected chi connectivity index (χ4v) is 4.20. The van der Waals surface area contributed by atoms with Crippen LogP contribution in [0.3, 0.4) is 0 Å². The van der Waals surface area contributed by atoms with Gasteiger partial charge in [0.2, 0.25) is 11.8 Å². The summed E-state index contributed by atoms with van der Waals surface area (Å²) in [5.74, 6) is -0.754. The van der Waals surface area contributed by atoms with Crippen molar-refractivity contribution >= 4 is 29.5 Å². The Morgan fingerprint density at radius 3 is 2.53 bits per heavy atom. The van der Waals surface area contributed by atoms with E-state index in [0.29, 0.717) is 24.4 Å². The second kappa shape index (κ2) is 11.1. The van der Waals surface area contributed by atoms with Crippen LogP contribution in [0.15, 0.2) is 42.5 Å². The lowest BCUT2D eigenvalue weighted by molar-refractivity contribution is -0.250. The van der Waals surface area contributed by atoms with Crippen LogP contribution in [0.4, 0.5) is 10.5 Å². The molecule has 0 aromatic heterocycles. The number of anilines is 1. The molecular weight excluding hydrogens is 468 g/mol. The number of rotatable bonds is 9. The van der Waals surface area contributed by atoms with Crippen molar-refractivity contribution in [1.29, 1.82) is 0 Å². The molecule has 11 heteroatoms. The van der Waals surface area contributed by atoms with Gasteiger partial charge in [-0.3, -0.25) is 19.6 Å². The molecule has 0 spiro atoms. The van der Waals surface area contributed by atoms with Crippen LogP contribution in [-0.2, 0) is 26.4 Å². The van der Waals surface area contributed by atoms with E-state index in [1.165, 1.54) is 4.90 Å². The number of carbonyl (C=O) groups is 4. The van der Waals surface area contributed by atoms with Gasteiger partial charge in [-0.15, -0.1) is 0 Å². The van der Waals surface area contributed by atoms with Gasteiger partial charge >= 0.3 is 0 Å². The minimum absolute atomic E-state index is 0.184. The number of benzene rings is 2. The van der Waals surface area contributed by atoms with Crippen molar-refractivity contribution in [2.75, 3.05) is 18.4 Å². The lowest BCUT2D eigenvalue weighted by Gasteiger charge is -2.27. The standard InChI is InChI=1S/C25H30N4O7/c1-15-10-17(12-19(11-15)27-21(30)13-26-24(33)34)14-36-20-6-4-18(5-7-20)25(3)8-9-29(23(25)32)16(2)22(31)28-35/h4-7,10-12,16,26,35H,8-9,13-14H2,1-3H3,(H,27,30)(H,28,31)(H,33,34)/p-1. The topological polar surface area (TPSA) is 160 Å². The third kappa shape index (κ3) is 6.11. The van der Waals surface area contributed by atoms with Crippen LogP contribution in [0.25, 0.3) is 0 Å². The quantitative estimate of drug-likeness (QED) is 0.295. The zero-order valence-corrected chi connectivity index (χ0v) is 20.3. The third-order valence-corrected chi connectivity index (χ3v) is 6.25. The molecule has 4 N–H and O–H groups in total. The van der Waals surface area contributed by atoms with Crippen molar-refractivity contribution in [2.45, 2.75) is 45.3 Å². The molecule has 3 rings (SSSR count). The summed E-state index contributed by atoms with van der Waals surface area (Å²) >= 11 is 0. The number of likely N-dealkylation sites (tertiary alicyclic amines) is 1. The van der Waals surface area contributed by atoms with E-state index in [-0.39, 0.29) is 12.5 Å². The number of aryl methyl sites for hydroxylation is 1. The van der Waals surface area contributed by atoms with E-state index in [2.05, 4.69) is 5.32 Å². The Bertz CT molecular complexity index is 1150. The Hall–Kier alpha value is -4.12. The normalized spacial score (nSPS) is 17.9. The summed E-state index contributed by atoms with van der Waals surface area (Å²) in [4.78, 5) is 48.6. The second-order valence-electron chi connectivity index (χ2n) is 8.94. The Morgan fingerprint density at radius 2 is 1.89 bits per heavy atom. The summed E-state index contributed by atoms with van der Waals surface area (Å²) in [6, 6.07) is 11.8. The maximum Gasteiger partial charge on any atom is 0.265 e. The summed E-state index contributed by atoms with van der Waals surface area (Å²) in [5.41, 5.74) is 3.79. The Morgan fingerprint density at radius 1 is 1.19 bits per heavy atom. The average Bonchev–Trinajstić information content (AvgIpc) is 3.15. The number of amides is 4. The highest BCUT2D eigenvalue weighted by molar-refractivity contribution is 5.94. The molecule has 0 saturated carbocycles. The zero-order valence-electron chi connectivity index (χ0n) is 20.3. The highest BCUT2D eigenvalue weighted by atomic mass is 16.5. The molecule has 1 saturated heterocycles. The first-order valence-corrected chi connectivity index (χ1v) is 11.4. The first kappa shape index (κ1) is 26.5. The van der Waals surface area contributed by atoms with Gasteiger partial charge < -0.3 is 30.2 Å². The SMILES string of the molecule is Cc1cc(COc2ccc(C3(C)CCN(C(C)C(=O)NO)C3=O)cc2)cc(NC(=O)CNC(=O)[O-])c1. The maximum absolute atomic E-state index is 13.1. The van der Waals surface area contributed by atoms with Crippen LogP contribution in [0, 0.1) is 6.92 Å². The smallest absolute Gasteiger partial charge is 0.265 e. The summed E-state index contributed by atoms with van der Waals surface area (Å²) in [6.45, 7) is 5.47. The van der Waals surface area contributed by atoms with Gasteiger partial charge in [0.25, 0.3) is 5.91 Å². The third-order valence-electron chi connectivity index (χ3n) is 6.25. The van der Waals surface area contributed by atoms with Gasteiger partial charge in [-0.2, -0.15) is 0 Å². The van der Waals surface area contributed by atoms with Gasteiger partial charge in [-0.25, -0.2) is 5.48 Å². The lowest BCUT2D eigenvalue weighted by atomic mass is 9.81. The Labute approximate surface area is 208 Å². The van der Waals surface area contributed by atoms with Crippen LogP contribution in [0.1, 0.15) is 37.0 Å². The molecule has 4 amide bonds. The minimum Gasteiger partial charge on any atom is -0.530 e. The van der Waals surface area contributed by atoms with E-state index in [1.54, 1.807) is 36.7 Å². The maximum atomic E-state index is 13.1. The van der Waals surface area contributed by atoms with Gasteiger partial charge in [0.05, 0.1) is 12.0 Å². The summed E-state index contributed by atoms with van der Waals surface area (Å²) in [6.07, 6.45) is -0.993. The molecule has 192 valence electrons. The summed E-state index contributed by atoms with van der Waals surface area (Å²) in [7, 11) is 0. The minimum atomic E-state index is -1.53. The van der Waals surface area contributed by atoms with Crippen molar-refractivity contribution in [2.24, 2.45) is 0 Å². The Kier molecular flexibility index (Phi) is 8.15. The van der Waals surface area contributed by atoms with E-state index in [1.807, 2.05) is 37.4 Å². The molecule has 2 aromatic rings. The molecular formula is C25H29N4O7-. The van der Waals surface area contributed by atoms with Crippen LogP contribution in [0.5, 0.6) is 5.75 Å². The van der Waals surface area contributed by atoms with Crippen molar-refractivity contribution in [1.82, 2.24) is 15.7 Å². The lowest BCUT2D eigenvalue weighted by Crippen LogP contribution is -2.47. The van der Waals surface area contributed by atoms with Crippen LogP contribution in [0.2, 0.25) is 0 Å². The van der Waals surface area contributed by atoms with Crippen LogP contribution in [-0.4, -0.2) is 53.1 Å². The fourth-order valence-electron chi connectivity index (χ4n) is 4.20. The molecule has 1 heterocycles. The van der Waals surface area contributed by atoms with Crippen molar-refractivity contribution in [3.05, 3.63) is 59.2 Å². The molecule has 2 aromatic carbocycles. The van der Waals surface area contributed by atoms with Gasteiger partial charge in [0.1, 0.15) is 24.5 Å². The monoisotopic (exact) mass is 497 g/mol. The van der Waals surface area contributed by atoms with Crippen LogP contribution >= 0.6 is 0 Å².